The van der Waals surface area contributed by atoms with Gasteiger partial charge in [0.15, 0.2) is 0 Å². The van der Waals surface area contributed by atoms with Crippen molar-refractivity contribution in [2.45, 2.75) is 90.6 Å². The van der Waals surface area contributed by atoms with Gasteiger partial charge in [0.2, 0.25) is 5.91 Å². The van der Waals surface area contributed by atoms with E-state index < -0.39 is 5.60 Å². The van der Waals surface area contributed by atoms with Gasteiger partial charge in [-0.2, -0.15) is 0 Å². The van der Waals surface area contributed by atoms with Crippen molar-refractivity contribution in [1.29, 1.82) is 0 Å². The highest BCUT2D eigenvalue weighted by atomic mass is 16.3. The summed E-state index contributed by atoms with van der Waals surface area (Å²) >= 11 is 0. The van der Waals surface area contributed by atoms with E-state index in [-0.39, 0.29) is 5.91 Å². The van der Waals surface area contributed by atoms with Crippen LogP contribution < -0.4 is 5.32 Å². The number of unbranched alkanes of at least 4 members (excludes halogenated alkanes) is 5. The first-order valence-corrected chi connectivity index (χ1v) is 11.4. The lowest BCUT2D eigenvalue weighted by molar-refractivity contribution is -0.118. The number of nitrogens with one attached hydrogen (secondary N) is 1. The number of allylic oxidation sites excluding steroid dienone is 9. The first kappa shape index (κ1) is 27.1. The van der Waals surface area contributed by atoms with Crippen LogP contribution in [0.3, 0.4) is 0 Å². The van der Waals surface area contributed by atoms with E-state index in [1.807, 2.05) is 37.3 Å². The third-order valence-electron chi connectivity index (χ3n) is 4.74. The quantitative estimate of drug-likeness (QED) is 0.164. The van der Waals surface area contributed by atoms with E-state index in [1.54, 1.807) is 6.08 Å². The molecule has 0 aromatic heterocycles. The molecule has 0 aliphatic heterocycles. The largest absolute Gasteiger partial charge is 0.388 e. The molecular weight excluding hydrogens is 358 g/mol. The van der Waals surface area contributed by atoms with E-state index in [4.69, 9.17) is 0 Å². The van der Waals surface area contributed by atoms with Gasteiger partial charge >= 0.3 is 0 Å². The molecule has 0 aromatic rings. The maximum absolute atomic E-state index is 12.0. The predicted octanol–water partition coefficient (Wildman–Crippen LogP) is 6.58. The molecule has 0 spiro atoms. The van der Waals surface area contributed by atoms with Crippen LogP contribution in [0.5, 0.6) is 0 Å². The summed E-state index contributed by atoms with van der Waals surface area (Å²) in [4.78, 5) is 12.0. The van der Waals surface area contributed by atoms with Crippen LogP contribution in [0.1, 0.15) is 85.0 Å². The van der Waals surface area contributed by atoms with E-state index in [2.05, 4.69) is 37.4 Å². The van der Waals surface area contributed by atoms with Gasteiger partial charge in [-0.05, 0) is 32.6 Å². The zero-order valence-electron chi connectivity index (χ0n) is 18.9. The summed E-state index contributed by atoms with van der Waals surface area (Å²) in [6.45, 7) is 6.65. The maximum Gasteiger partial charge on any atom is 0.244 e. The molecule has 2 N–H and O–H groups in total. The predicted molar refractivity (Wildman–Crippen MR) is 127 cm³/mol. The second kappa shape index (κ2) is 19.4. The van der Waals surface area contributed by atoms with Gasteiger partial charge in [-0.3, -0.25) is 4.79 Å². The molecule has 0 heterocycles. The average molecular weight is 402 g/mol. The summed E-state index contributed by atoms with van der Waals surface area (Å²) in [5, 5.41) is 13.8. The Hall–Kier alpha value is -1.87. The number of aliphatic hydroxyl groups is 1. The molecule has 0 atom stereocenters. The number of carbonyl (C=O) groups is 1. The lowest BCUT2D eigenvalue weighted by Crippen LogP contribution is -2.42. The van der Waals surface area contributed by atoms with Crippen molar-refractivity contribution in [1.82, 2.24) is 5.32 Å². The van der Waals surface area contributed by atoms with Gasteiger partial charge in [0.1, 0.15) is 0 Å². The third-order valence-corrected chi connectivity index (χ3v) is 4.74. The number of carbonyl (C=O) groups excluding carboxylic acids is 1. The van der Waals surface area contributed by atoms with Crippen molar-refractivity contribution in [3.05, 3.63) is 60.8 Å². The number of rotatable bonds is 17. The monoisotopic (exact) mass is 401 g/mol. The maximum atomic E-state index is 12.0. The molecule has 0 fully saturated rings. The van der Waals surface area contributed by atoms with E-state index in [9.17, 15) is 9.90 Å². The van der Waals surface area contributed by atoms with Crippen molar-refractivity contribution in [2.75, 3.05) is 6.54 Å². The van der Waals surface area contributed by atoms with Gasteiger partial charge in [0.25, 0.3) is 0 Å². The Morgan fingerprint density at radius 3 is 1.93 bits per heavy atom. The molecule has 0 rings (SSSR count). The molecule has 0 saturated carbocycles. The Labute approximate surface area is 179 Å². The Morgan fingerprint density at radius 1 is 0.828 bits per heavy atom. The van der Waals surface area contributed by atoms with Gasteiger partial charge in [-0.1, -0.05) is 107 Å². The fourth-order valence-corrected chi connectivity index (χ4v) is 2.94. The topological polar surface area (TPSA) is 49.3 Å². The van der Waals surface area contributed by atoms with Crippen LogP contribution in [0.4, 0.5) is 0 Å². The number of amides is 1. The van der Waals surface area contributed by atoms with Crippen LogP contribution in [-0.2, 0) is 4.79 Å². The molecule has 1 amide bonds. The fourth-order valence-electron chi connectivity index (χ4n) is 2.94. The molecular formula is C26H43NO2. The third kappa shape index (κ3) is 17.9. The van der Waals surface area contributed by atoms with Crippen LogP contribution in [0.15, 0.2) is 60.8 Å². The minimum absolute atomic E-state index is 0.155. The molecule has 3 heteroatoms. The normalized spacial score (nSPS) is 13.1. The SMILES string of the molecule is CC=CC=CCCC=CC=CC=CC(=O)NCC(O)(CCCCC)CCCCC. The van der Waals surface area contributed by atoms with Crippen molar-refractivity contribution in [3.63, 3.8) is 0 Å². The summed E-state index contributed by atoms with van der Waals surface area (Å²) in [7, 11) is 0. The fraction of sp³-hybridized carbons (Fsp3) is 0.577. The molecule has 29 heavy (non-hydrogen) atoms. The molecule has 164 valence electrons. The molecule has 0 saturated heterocycles. The van der Waals surface area contributed by atoms with Crippen LogP contribution in [-0.4, -0.2) is 23.2 Å². The molecule has 0 aliphatic rings. The van der Waals surface area contributed by atoms with Crippen molar-refractivity contribution in [3.8, 4) is 0 Å². The number of hydrogen-bond donors (Lipinski definition) is 2. The summed E-state index contributed by atoms with van der Waals surface area (Å²) in [5.41, 5.74) is -0.784. The first-order valence-electron chi connectivity index (χ1n) is 11.4. The van der Waals surface area contributed by atoms with E-state index in [0.717, 1.165) is 64.2 Å². The van der Waals surface area contributed by atoms with Gasteiger partial charge in [0, 0.05) is 12.6 Å². The molecule has 0 aromatic carbocycles. The Bertz CT molecular complexity index is 531. The summed E-state index contributed by atoms with van der Waals surface area (Å²) in [6, 6.07) is 0. The lowest BCUT2D eigenvalue weighted by atomic mass is 9.90. The van der Waals surface area contributed by atoms with Gasteiger partial charge in [-0.15, -0.1) is 0 Å². The number of hydrogen-bond acceptors (Lipinski definition) is 2. The Balaban J connectivity index is 4.25. The second-order valence-electron chi connectivity index (χ2n) is 7.56. The second-order valence-corrected chi connectivity index (χ2v) is 7.56. The smallest absolute Gasteiger partial charge is 0.244 e. The van der Waals surface area contributed by atoms with E-state index >= 15 is 0 Å². The zero-order valence-corrected chi connectivity index (χ0v) is 18.9. The molecule has 0 bridgehead atoms. The van der Waals surface area contributed by atoms with Crippen LogP contribution in [0.2, 0.25) is 0 Å². The van der Waals surface area contributed by atoms with Crippen molar-refractivity contribution >= 4 is 5.91 Å². The van der Waals surface area contributed by atoms with E-state index in [0.29, 0.717) is 6.54 Å². The molecule has 0 radical (unpaired) electrons. The lowest BCUT2D eigenvalue weighted by Gasteiger charge is -2.28. The van der Waals surface area contributed by atoms with Crippen LogP contribution in [0, 0.1) is 0 Å². The summed E-state index contributed by atoms with van der Waals surface area (Å²) < 4.78 is 0. The highest BCUT2D eigenvalue weighted by molar-refractivity contribution is 5.87. The molecule has 3 nitrogen and oxygen atoms in total. The van der Waals surface area contributed by atoms with Crippen LogP contribution >= 0.6 is 0 Å². The first-order chi connectivity index (χ1) is 14.1. The minimum Gasteiger partial charge on any atom is -0.388 e. The average Bonchev–Trinajstić information content (AvgIpc) is 2.71. The van der Waals surface area contributed by atoms with Gasteiger partial charge < -0.3 is 10.4 Å². The summed E-state index contributed by atoms with van der Waals surface area (Å²) in [6.07, 6.45) is 29.4. The molecule has 0 unspecified atom stereocenters. The Kier molecular flexibility index (Phi) is 18.2. The standard InChI is InChI=1S/C26H43NO2/c1-4-7-10-11-12-13-14-15-16-17-18-21-25(28)27-24-26(29,22-19-8-5-2)23-20-9-6-3/h4,7,10-11,14-18,21,29H,5-6,8-9,12-13,19-20,22-24H2,1-3H3,(H,27,28). The highest BCUT2D eigenvalue weighted by Crippen LogP contribution is 2.22. The van der Waals surface area contributed by atoms with Crippen LogP contribution in [0.25, 0.3) is 0 Å². The van der Waals surface area contributed by atoms with Crippen molar-refractivity contribution in [2.24, 2.45) is 0 Å². The molecule has 0 aliphatic carbocycles. The highest BCUT2D eigenvalue weighted by Gasteiger charge is 2.26. The Morgan fingerprint density at radius 2 is 1.38 bits per heavy atom. The zero-order chi connectivity index (χ0) is 21.6. The van der Waals surface area contributed by atoms with Crippen molar-refractivity contribution < 1.29 is 9.90 Å². The minimum atomic E-state index is -0.784. The van der Waals surface area contributed by atoms with E-state index in [1.165, 1.54) is 6.08 Å². The van der Waals surface area contributed by atoms with Gasteiger partial charge in [-0.25, -0.2) is 0 Å². The summed E-state index contributed by atoms with van der Waals surface area (Å²) in [5.74, 6) is -0.155. The van der Waals surface area contributed by atoms with Gasteiger partial charge in [0.05, 0.1) is 5.60 Å².